The maximum atomic E-state index is 12.6. The normalized spacial score (nSPS) is 16.7. The van der Waals surface area contributed by atoms with E-state index in [2.05, 4.69) is 15.5 Å². The van der Waals surface area contributed by atoms with Gasteiger partial charge in [-0.2, -0.15) is 0 Å². The molecule has 0 aromatic carbocycles. The van der Waals surface area contributed by atoms with Crippen LogP contribution in [0.15, 0.2) is 4.52 Å². The van der Waals surface area contributed by atoms with E-state index in [0.29, 0.717) is 31.1 Å². The van der Waals surface area contributed by atoms with Crippen molar-refractivity contribution in [1.29, 1.82) is 0 Å². The van der Waals surface area contributed by atoms with Gasteiger partial charge >= 0.3 is 0 Å². The van der Waals surface area contributed by atoms with Gasteiger partial charge < -0.3 is 14.7 Å². The highest BCUT2D eigenvalue weighted by molar-refractivity contribution is 7.15. The summed E-state index contributed by atoms with van der Waals surface area (Å²) in [4.78, 5) is 32.3. The lowest BCUT2D eigenvalue weighted by Gasteiger charge is -2.26. The fourth-order valence-electron chi connectivity index (χ4n) is 3.59. The highest BCUT2D eigenvalue weighted by atomic mass is 32.1. The van der Waals surface area contributed by atoms with Gasteiger partial charge in [0.25, 0.3) is 0 Å². The summed E-state index contributed by atoms with van der Waals surface area (Å²) in [5, 5.41) is 7.56. The number of rotatable bonds is 5. The lowest BCUT2D eigenvalue weighted by Crippen LogP contribution is -2.35. The molecule has 0 saturated heterocycles. The number of aryl methyl sites for hydroxylation is 2. The largest absolute Gasteiger partial charge is 0.361 e. The molecule has 0 spiro atoms. The molecular formula is C19H24N4O3S. The lowest BCUT2D eigenvalue weighted by molar-refractivity contribution is -0.132. The second kappa shape index (κ2) is 7.42. The first-order chi connectivity index (χ1) is 13.0. The average Bonchev–Trinajstić information content (AvgIpc) is 3.13. The Bertz CT molecular complexity index is 849. The standard InChI is InChI=1S/C19H24N4O3S/c1-11-14(12(2)26-22-11)6-7-17(24)23-9-8-15-16(10-23)27-19(20-15)21-18(25)13-4-3-5-13/h13H,3-10H2,1-2H3,(H,20,21,25). The van der Waals surface area contributed by atoms with E-state index < -0.39 is 0 Å². The van der Waals surface area contributed by atoms with Crippen LogP contribution in [-0.2, 0) is 29.0 Å². The van der Waals surface area contributed by atoms with Crippen LogP contribution in [0.25, 0.3) is 0 Å². The molecule has 2 aliphatic rings. The van der Waals surface area contributed by atoms with E-state index in [9.17, 15) is 9.59 Å². The minimum absolute atomic E-state index is 0.0831. The summed E-state index contributed by atoms with van der Waals surface area (Å²) in [6.07, 6.45) is 4.92. The smallest absolute Gasteiger partial charge is 0.229 e. The Hall–Kier alpha value is -2.22. The summed E-state index contributed by atoms with van der Waals surface area (Å²) in [6.45, 7) is 5.03. The highest BCUT2D eigenvalue weighted by Crippen LogP contribution is 2.31. The van der Waals surface area contributed by atoms with Gasteiger partial charge in [0.05, 0.1) is 17.9 Å². The Morgan fingerprint density at radius 3 is 2.81 bits per heavy atom. The zero-order valence-electron chi connectivity index (χ0n) is 15.7. The van der Waals surface area contributed by atoms with Crippen molar-refractivity contribution in [2.45, 2.75) is 58.9 Å². The predicted molar refractivity (Wildman–Crippen MR) is 102 cm³/mol. The van der Waals surface area contributed by atoms with Crippen LogP contribution in [0.5, 0.6) is 0 Å². The number of thiazole rings is 1. The van der Waals surface area contributed by atoms with Crippen molar-refractivity contribution in [3.05, 3.63) is 27.6 Å². The summed E-state index contributed by atoms with van der Waals surface area (Å²) in [6, 6.07) is 0. The van der Waals surface area contributed by atoms with E-state index in [4.69, 9.17) is 4.52 Å². The van der Waals surface area contributed by atoms with Crippen LogP contribution in [0.1, 0.15) is 53.3 Å². The minimum atomic E-state index is 0.0831. The van der Waals surface area contributed by atoms with E-state index >= 15 is 0 Å². The molecule has 27 heavy (non-hydrogen) atoms. The Morgan fingerprint density at radius 2 is 2.15 bits per heavy atom. The molecule has 0 unspecified atom stereocenters. The van der Waals surface area contributed by atoms with Gasteiger partial charge in [0.2, 0.25) is 11.8 Å². The summed E-state index contributed by atoms with van der Waals surface area (Å²) in [5.74, 6) is 1.15. The molecule has 1 N–H and O–H groups in total. The minimum Gasteiger partial charge on any atom is -0.361 e. The van der Waals surface area contributed by atoms with E-state index in [1.54, 1.807) is 0 Å². The number of nitrogens with one attached hydrogen (secondary N) is 1. The monoisotopic (exact) mass is 388 g/mol. The van der Waals surface area contributed by atoms with Crippen LogP contribution in [0.3, 0.4) is 0 Å². The molecule has 1 aliphatic carbocycles. The molecule has 0 atom stereocenters. The van der Waals surface area contributed by atoms with Gasteiger partial charge in [-0.05, 0) is 33.1 Å². The number of aromatic nitrogens is 2. The third-order valence-electron chi connectivity index (χ3n) is 5.56. The summed E-state index contributed by atoms with van der Waals surface area (Å²) in [7, 11) is 0. The SMILES string of the molecule is Cc1noc(C)c1CCC(=O)N1CCc2nc(NC(=O)C3CCC3)sc2C1. The number of amides is 2. The van der Waals surface area contributed by atoms with Crippen molar-refractivity contribution in [3.8, 4) is 0 Å². The molecule has 1 aliphatic heterocycles. The number of hydrogen-bond acceptors (Lipinski definition) is 6. The van der Waals surface area contributed by atoms with Gasteiger partial charge in [-0.3, -0.25) is 9.59 Å². The van der Waals surface area contributed by atoms with Gasteiger partial charge in [0.1, 0.15) is 5.76 Å². The summed E-state index contributed by atoms with van der Waals surface area (Å²) >= 11 is 1.50. The maximum Gasteiger partial charge on any atom is 0.229 e. The third-order valence-corrected chi connectivity index (χ3v) is 6.56. The molecule has 3 heterocycles. The second-order valence-electron chi connectivity index (χ2n) is 7.37. The number of carbonyl (C=O) groups is 2. The van der Waals surface area contributed by atoms with E-state index in [1.165, 1.54) is 11.3 Å². The van der Waals surface area contributed by atoms with Crippen molar-refractivity contribution in [2.75, 3.05) is 11.9 Å². The molecule has 0 bridgehead atoms. The van der Waals surface area contributed by atoms with Crippen molar-refractivity contribution in [1.82, 2.24) is 15.0 Å². The highest BCUT2D eigenvalue weighted by Gasteiger charge is 2.28. The van der Waals surface area contributed by atoms with Crippen LogP contribution in [0.4, 0.5) is 5.13 Å². The fourth-order valence-corrected chi connectivity index (χ4v) is 4.62. The number of hydrogen-bond donors (Lipinski definition) is 1. The van der Waals surface area contributed by atoms with Crippen LogP contribution in [0.2, 0.25) is 0 Å². The molecule has 4 rings (SSSR count). The van der Waals surface area contributed by atoms with Gasteiger partial charge in [0.15, 0.2) is 5.13 Å². The molecule has 144 valence electrons. The van der Waals surface area contributed by atoms with Crippen LogP contribution >= 0.6 is 11.3 Å². The van der Waals surface area contributed by atoms with Gasteiger partial charge in [-0.1, -0.05) is 22.9 Å². The molecule has 2 aromatic rings. The third kappa shape index (κ3) is 3.76. The predicted octanol–water partition coefficient (Wildman–Crippen LogP) is 3.00. The van der Waals surface area contributed by atoms with E-state index in [-0.39, 0.29) is 17.7 Å². The molecule has 2 amide bonds. The van der Waals surface area contributed by atoms with E-state index in [0.717, 1.165) is 53.3 Å². The van der Waals surface area contributed by atoms with Crippen LogP contribution in [-0.4, -0.2) is 33.4 Å². The zero-order valence-corrected chi connectivity index (χ0v) is 16.5. The molecule has 1 fully saturated rings. The van der Waals surface area contributed by atoms with E-state index in [1.807, 2.05) is 18.7 Å². The lowest BCUT2D eigenvalue weighted by atomic mass is 9.85. The molecule has 7 nitrogen and oxygen atoms in total. The first-order valence-corrected chi connectivity index (χ1v) is 10.3. The Morgan fingerprint density at radius 1 is 1.33 bits per heavy atom. The Balaban J connectivity index is 1.34. The second-order valence-corrected chi connectivity index (χ2v) is 8.46. The number of fused-ring (bicyclic) bond motifs is 1. The molecule has 1 saturated carbocycles. The van der Waals surface area contributed by atoms with Crippen molar-refractivity contribution >= 4 is 28.3 Å². The topological polar surface area (TPSA) is 88.3 Å². The summed E-state index contributed by atoms with van der Waals surface area (Å²) < 4.78 is 5.17. The van der Waals surface area contributed by atoms with Gasteiger partial charge in [-0.15, -0.1) is 0 Å². The number of anilines is 1. The maximum absolute atomic E-state index is 12.6. The van der Waals surface area contributed by atoms with Gasteiger partial charge in [-0.25, -0.2) is 4.98 Å². The molecule has 2 aromatic heterocycles. The molecule has 0 radical (unpaired) electrons. The molecule has 8 heteroatoms. The zero-order chi connectivity index (χ0) is 19.0. The summed E-state index contributed by atoms with van der Waals surface area (Å²) in [5.41, 5.74) is 2.90. The number of carbonyl (C=O) groups excluding carboxylic acids is 2. The van der Waals surface area contributed by atoms with Crippen molar-refractivity contribution in [3.63, 3.8) is 0 Å². The average molecular weight is 388 g/mol. The van der Waals surface area contributed by atoms with Crippen molar-refractivity contribution in [2.24, 2.45) is 5.92 Å². The quantitative estimate of drug-likeness (QED) is 0.851. The van der Waals surface area contributed by atoms with Crippen molar-refractivity contribution < 1.29 is 14.1 Å². The van der Waals surface area contributed by atoms with Crippen LogP contribution < -0.4 is 5.32 Å². The fraction of sp³-hybridized carbons (Fsp3) is 0.579. The Kier molecular flexibility index (Phi) is 4.99. The molecular weight excluding hydrogens is 364 g/mol. The van der Waals surface area contributed by atoms with Crippen LogP contribution in [0, 0.1) is 19.8 Å². The first-order valence-electron chi connectivity index (χ1n) is 9.50. The Labute approximate surface area is 162 Å². The first kappa shape index (κ1) is 18.2. The van der Waals surface area contributed by atoms with Gasteiger partial charge in [0, 0.05) is 35.7 Å². The number of nitrogens with zero attached hydrogens (tertiary/aromatic N) is 3.